The summed E-state index contributed by atoms with van der Waals surface area (Å²) in [6, 6.07) is 10.3. The van der Waals surface area contributed by atoms with Crippen molar-refractivity contribution < 1.29 is 5.11 Å². The van der Waals surface area contributed by atoms with Crippen LogP contribution in [0.2, 0.25) is 0 Å². The van der Waals surface area contributed by atoms with Crippen molar-refractivity contribution in [2.45, 2.75) is 31.9 Å². The molecule has 100 valence electrons. The summed E-state index contributed by atoms with van der Waals surface area (Å²) in [6.07, 6.45) is 5.02. The van der Waals surface area contributed by atoms with Crippen molar-refractivity contribution in [3.05, 3.63) is 42.1 Å². The number of para-hydroxylation sites is 1. The summed E-state index contributed by atoms with van der Waals surface area (Å²) in [5, 5.41) is 14.5. The monoisotopic (exact) mass is 256 g/mol. The minimum atomic E-state index is -0.110. The molecule has 0 radical (unpaired) electrons. The summed E-state index contributed by atoms with van der Waals surface area (Å²) >= 11 is 0. The van der Waals surface area contributed by atoms with Crippen molar-refractivity contribution in [3.8, 4) is 0 Å². The number of nitrogens with one attached hydrogen (secondary N) is 1. The number of fused-ring (bicyclic) bond motifs is 1. The summed E-state index contributed by atoms with van der Waals surface area (Å²) in [5.74, 6) is 0.424. The van der Waals surface area contributed by atoms with Gasteiger partial charge in [0, 0.05) is 24.7 Å². The first kappa shape index (κ1) is 12.6. The zero-order valence-electron chi connectivity index (χ0n) is 11.0. The maximum absolute atomic E-state index is 9.81. The lowest BCUT2D eigenvalue weighted by Crippen LogP contribution is -2.27. The summed E-state index contributed by atoms with van der Waals surface area (Å²) in [6.45, 7) is 1.74. The molecule has 1 aromatic carbocycles. The topological polar surface area (TPSA) is 45.1 Å². The minimum Gasteiger partial charge on any atom is -0.393 e. The van der Waals surface area contributed by atoms with Gasteiger partial charge < -0.3 is 10.4 Å². The van der Waals surface area contributed by atoms with E-state index in [4.69, 9.17) is 0 Å². The molecular weight excluding hydrogens is 236 g/mol. The average Bonchev–Trinajstić information content (AvgIpc) is 2.85. The number of aliphatic hydroxyl groups is 1. The van der Waals surface area contributed by atoms with Crippen LogP contribution in [0.3, 0.4) is 0 Å². The molecule has 0 amide bonds. The standard InChI is InChI=1S/C16H20N2O/c19-16-7-3-4-13(16)11-17-10-12-8-9-18-15-6-2-1-5-14(12)15/h1-2,5-6,8-9,13,16-17,19H,3-4,7,10-11H2. The number of aromatic nitrogens is 1. The molecule has 0 saturated heterocycles. The molecule has 19 heavy (non-hydrogen) atoms. The number of nitrogens with zero attached hydrogens (tertiary/aromatic N) is 1. The predicted molar refractivity (Wildman–Crippen MR) is 76.8 cm³/mol. The second kappa shape index (κ2) is 5.68. The molecule has 3 heteroatoms. The Morgan fingerprint density at radius 3 is 2.95 bits per heavy atom. The fourth-order valence-corrected chi connectivity index (χ4v) is 2.96. The quantitative estimate of drug-likeness (QED) is 0.883. The highest BCUT2D eigenvalue weighted by Crippen LogP contribution is 2.25. The van der Waals surface area contributed by atoms with Crippen molar-refractivity contribution in [1.29, 1.82) is 0 Å². The zero-order chi connectivity index (χ0) is 13.1. The highest BCUT2D eigenvalue weighted by atomic mass is 16.3. The number of benzene rings is 1. The maximum Gasteiger partial charge on any atom is 0.0705 e. The second-order valence-corrected chi connectivity index (χ2v) is 5.38. The molecule has 2 atom stereocenters. The molecule has 0 spiro atoms. The van der Waals surface area contributed by atoms with E-state index in [1.165, 1.54) is 10.9 Å². The van der Waals surface area contributed by atoms with Gasteiger partial charge in [0.25, 0.3) is 0 Å². The summed E-state index contributed by atoms with van der Waals surface area (Å²) in [4.78, 5) is 4.37. The van der Waals surface area contributed by atoms with Gasteiger partial charge in [-0.15, -0.1) is 0 Å². The molecule has 3 rings (SSSR count). The van der Waals surface area contributed by atoms with Gasteiger partial charge in [-0.05, 0) is 36.5 Å². The highest BCUT2D eigenvalue weighted by Gasteiger charge is 2.24. The Bertz CT molecular complexity index is 550. The van der Waals surface area contributed by atoms with Crippen LogP contribution in [-0.2, 0) is 6.54 Å². The lowest BCUT2D eigenvalue weighted by atomic mass is 10.1. The molecule has 1 heterocycles. The highest BCUT2D eigenvalue weighted by molar-refractivity contribution is 5.81. The van der Waals surface area contributed by atoms with E-state index < -0.39 is 0 Å². The normalized spacial score (nSPS) is 23.0. The van der Waals surface area contributed by atoms with E-state index in [0.717, 1.165) is 37.9 Å². The summed E-state index contributed by atoms with van der Waals surface area (Å²) < 4.78 is 0. The van der Waals surface area contributed by atoms with E-state index in [0.29, 0.717) is 5.92 Å². The van der Waals surface area contributed by atoms with Crippen molar-refractivity contribution >= 4 is 10.9 Å². The number of hydrogen-bond donors (Lipinski definition) is 2. The Balaban J connectivity index is 1.65. The molecular formula is C16H20N2O. The molecule has 1 aliphatic rings. The fourth-order valence-electron chi connectivity index (χ4n) is 2.96. The smallest absolute Gasteiger partial charge is 0.0705 e. The zero-order valence-corrected chi connectivity index (χ0v) is 11.0. The van der Waals surface area contributed by atoms with Crippen LogP contribution in [0.15, 0.2) is 36.5 Å². The van der Waals surface area contributed by atoms with Crippen molar-refractivity contribution in [1.82, 2.24) is 10.3 Å². The van der Waals surface area contributed by atoms with E-state index in [-0.39, 0.29) is 6.10 Å². The van der Waals surface area contributed by atoms with Gasteiger partial charge in [0.1, 0.15) is 0 Å². The van der Waals surface area contributed by atoms with Gasteiger partial charge in [-0.2, -0.15) is 0 Å². The minimum absolute atomic E-state index is 0.110. The molecule has 1 aromatic heterocycles. The summed E-state index contributed by atoms with van der Waals surface area (Å²) in [5.41, 5.74) is 2.32. The molecule has 0 aliphatic heterocycles. The first-order valence-electron chi connectivity index (χ1n) is 7.06. The first-order valence-corrected chi connectivity index (χ1v) is 7.06. The van der Waals surface area contributed by atoms with E-state index in [1.807, 2.05) is 24.4 Å². The van der Waals surface area contributed by atoms with Crippen LogP contribution in [0, 0.1) is 5.92 Å². The SMILES string of the molecule is OC1CCCC1CNCc1ccnc2ccccc12. The third kappa shape index (κ3) is 2.77. The molecule has 1 aliphatic carbocycles. The van der Waals surface area contributed by atoms with Gasteiger partial charge in [-0.25, -0.2) is 0 Å². The Morgan fingerprint density at radius 1 is 1.21 bits per heavy atom. The number of hydrogen-bond acceptors (Lipinski definition) is 3. The van der Waals surface area contributed by atoms with Gasteiger partial charge >= 0.3 is 0 Å². The Kier molecular flexibility index (Phi) is 3.76. The average molecular weight is 256 g/mol. The molecule has 3 nitrogen and oxygen atoms in total. The molecule has 2 aromatic rings. The van der Waals surface area contributed by atoms with E-state index >= 15 is 0 Å². The lowest BCUT2D eigenvalue weighted by Gasteiger charge is -2.15. The Morgan fingerprint density at radius 2 is 2.11 bits per heavy atom. The largest absolute Gasteiger partial charge is 0.393 e. The van der Waals surface area contributed by atoms with Gasteiger partial charge in [0.2, 0.25) is 0 Å². The second-order valence-electron chi connectivity index (χ2n) is 5.38. The van der Waals surface area contributed by atoms with Gasteiger partial charge in [-0.3, -0.25) is 4.98 Å². The van der Waals surface area contributed by atoms with Crippen LogP contribution >= 0.6 is 0 Å². The number of pyridine rings is 1. The number of aliphatic hydroxyl groups excluding tert-OH is 1. The maximum atomic E-state index is 9.81. The lowest BCUT2D eigenvalue weighted by molar-refractivity contribution is 0.131. The third-order valence-electron chi connectivity index (χ3n) is 4.08. The van der Waals surface area contributed by atoms with E-state index in [1.54, 1.807) is 0 Å². The predicted octanol–water partition coefficient (Wildman–Crippen LogP) is 2.49. The number of rotatable bonds is 4. The molecule has 0 bridgehead atoms. The van der Waals surface area contributed by atoms with Crippen molar-refractivity contribution in [2.75, 3.05) is 6.54 Å². The van der Waals surface area contributed by atoms with Crippen LogP contribution in [0.5, 0.6) is 0 Å². The first-order chi connectivity index (χ1) is 9.34. The van der Waals surface area contributed by atoms with Gasteiger partial charge in [0.15, 0.2) is 0 Å². The Labute approximate surface area is 113 Å². The van der Waals surface area contributed by atoms with Gasteiger partial charge in [-0.1, -0.05) is 24.6 Å². The van der Waals surface area contributed by atoms with Crippen LogP contribution in [-0.4, -0.2) is 22.7 Å². The van der Waals surface area contributed by atoms with E-state index in [2.05, 4.69) is 22.4 Å². The molecule has 2 unspecified atom stereocenters. The van der Waals surface area contributed by atoms with Crippen LogP contribution in [0.25, 0.3) is 10.9 Å². The van der Waals surface area contributed by atoms with Crippen LogP contribution < -0.4 is 5.32 Å². The molecule has 1 fully saturated rings. The molecule has 1 saturated carbocycles. The summed E-state index contributed by atoms with van der Waals surface area (Å²) in [7, 11) is 0. The van der Waals surface area contributed by atoms with Crippen LogP contribution in [0.4, 0.5) is 0 Å². The van der Waals surface area contributed by atoms with Gasteiger partial charge in [0.05, 0.1) is 11.6 Å². The van der Waals surface area contributed by atoms with Crippen LogP contribution in [0.1, 0.15) is 24.8 Å². The molecule has 2 N–H and O–H groups in total. The third-order valence-corrected chi connectivity index (χ3v) is 4.08. The fraction of sp³-hybridized carbons (Fsp3) is 0.438. The van der Waals surface area contributed by atoms with Crippen molar-refractivity contribution in [3.63, 3.8) is 0 Å². The van der Waals surface area contributed by atoms with E-state index in [9.17, 15) is 5.11 Å². The van der Waals surface area contributed by atoms with Crippen molar-refractivity contribution in [2.24, 2.45) is 5.92 Å². The Hall–Kier alpha value is -1.45.